The van der Waals surface area contributed by atoms with Gasteiger partial charge in [0, 0.05) is 18.3 Å². The summed E-state index contributed by atoms with van der Waals surface area (Å²) in [4.78, 5) is 12.1. The molecule has 4 nitrogen and oxygen atoms in total. The lowest BCUT2D eigenvalue weighted by Crippen LogP contribution is -2.29. The number of halogens is 1. The van der Waals surface area contributed by atoms with Gasteiger partial charge in [-0.3, -0.25) is 4.57 Å². The molecule has 0 atom stereocenters. The Labute approximate surface area is 103 Å². The van der Waals surface area contributed by atoms with Gasteiger partial charge < -0.3 is 0 Å². The van der Waals surface area contributed by atoms with Crippen molar-refractivity contribution >= 4 is 15.9 Å². The summed E-state index contributed by atoms with van der Waals surface area (Å²) < 4.78 is 3.54. The molecule has 0 N–H and O–H groups in total. The Morgan fingerprint density at radius 2 is 2.19 bits per heavy atom. The van der Waals surface area contributed by atoms with E-state index in [1.165, 1.54) is 19.3 Å². The van der Waals surface area contributed by atoms with Gasteiger partial charge in [0.2, 0.25) is 0 Å². The van der Waals surface area contributed by atoms with Gasteiger partial charge in [0.05, 0.1) is 6.54 Å². The van der Waals surface area contributed by atoms with Crippen molar-refractivity contribution in [3.8, 4) is 0 Å². The van der Waals surface area contributed by atoms with Crippen LogP contribution in [0.1, 0.15) is 31.5 Å². The van der Waals surface area contributed by atoms with Gasteiger partial charge in [0.15, 0.2) is 0 Å². The van der Waals surface area contributed by atoms with Crippen molar-refractivity contribution in [2.45, 2.75) is 45.2 Å². The Morgan fingerprint density at radius 3 is 2.81 bits per heavy atom. The Hall–Kier alpha value is -0.580. The molecule has 0 unspecified atom stereocenters. The van der Waals surface area contributed by atoms with Crippen molar-refractivity contribution < 1.29 is 0 Å². The number of rotatable bonds is 3. The summed E-state index contributed by atoms with van der Waals surface area (Å²) in [5.74, 6) is 0.988. The molecule has 2 aliphatic rings. The van der Waals surface area contributed by atoms with Gasteiger partial charge in [-0.15, -0.1) is 0 Å². The van der Waals surface area contributed by atoms with Gasteiger partial charge in [-0.1, -0.05) is 15.9 Å². The molecule has 1 aromatic rings. The largest absolute Gasteiger partial charge is 0.345 e. The first-order chi connectivity index (χ1) is 7.74. The number of aryl methyl sites for hydroxylation is 1. The highest BCUT2D eigenvalue weighted by Crippen LogP contribution is 2.48. The molecule has 2 heterocycles. The smallest absolute Gasteiger partial charge is 0.279 e. The van der Waals surface area contributed by atoms with E-state index >= 15 is 0 Å². The van der Waals surface area contributed by atoms with E-state index in [1.807, 2.05) is 4.57 Å². The third-order valence-electron chi connectivity index (χ3n) is 3.76. The first-order valence-electron chi connectivity index (χ1n) is 5.97. The molecule has 88 valence electrons. The molecule has 0 radical (unpaired) electrons. The van der Waals surface area contributed by atoms with E-state index in [2.05, 4.69) is 21.0 Å². The second-order valence-electron chi connectivity index (χ2n) is 5.10. The zero-order valence-electron chi connectivity index (χ0n) is 9.28. The molecule has 0 spiro atoms. The van der Waals surface area contributed by atoms with Crippen LogP contribution in [0.3, 0.4) is 0 Å². The fraction of sp³-hybridized carbons (Fsp3) is 0.818. The van der Waals surface area contributed by atoms with Crippen LogP contribution in [0.15, 0.2) is 4.79 Å². The Bertz CT molecular complexity index is 458. The Kier molecular flexibility index (Phi) is 2.46. The fourth-order valence-electron chi connectivity index (χ4n) is 2.38. The van der Waals surface area contributed by atoms with Crippen LogP contribution in [0.25, 0.3) is 0 Å². The number of hydrogen-bond donors (Lipinski definition) is 0. The Morgan fingerprint density at radius 1 is 1.38 bits per heavy atom. The summed E-state index contributed by atoms with van der Waals surface area (Å²) in [7, 11) is 0. The predicted molar refractivity (Wildman–Crippen MR) is 64.9 cm³/mol. The molecule has 1 saturated carbocycles. The lowest BCUT2D eigenvalue weighted by molar-refractivity contribution is 0.427. The second kappa shape index (κ2) is 3.72. The first-order valence-corrected chi connectivity index (χ1v) is 7.09. The zero-order chi connectivity index (χ0) is 11.2. The van der Waals surface area contributed by atoms with Gasteiger partial charge in [-0.05, 0) is 31.1 Å². The summed E-state index contributed by atoms with van der Waals surface area (Å²) in [6.07, 6.45) is 5.67. The lowest BCUT2D eigenvalue weighted by Gasteiger charge is -2.09. The standard InChI is InChI=1S/C11H16BrN3O/c12-7-11(4-5-11)8-15-10(16)14-6-2-1-3-9(14)13-15/h1-8H2. The molecule has 0 saturated heterocycles. The van der Waals surface area contributed by atoms with E-state index in [4.69, 9.17) is 0 Å². The van der Waals surface area contributed by atoms with Crippen LogP contribution in [-0.2, 0) is 19.5 Å². The summed E-state index contributed by atoms with van der Waals surface area (Å²) >= 11 is 3.54. The summed E-state index contributed by atoms with van der Waals surface area (Å²) in [6, 6.07) is 0. The summed E-state index contributed by atoms with van der Waals surface area (Å²) in [6.45, 7) is 1.65. The van der Waals surface area contributed by atoms with Gasteiger partial charge in [-0.2, -0.15) is 5.10 Å². The highest BCUT2D eigenvalue weighted by atomic mass is 79.9. The van der Waals surface area contributed by atoms with Crippen LogP contribution in [0.5, 0.6) is 0 Å². The number of hydrogen-bond acceptors (Lipinski definition) is 2. The minimum atomic E-state index is 0.0990. The van der Waals surface area contributed by atoms with E-state index in [9.17, 15) is 4.79 Å². The van der Waals surface area contributed by atoms with Crippen LogP contribution in [0, 0.1) is 5.41 Å². The molecule has 0 aromatic carbocycles. The number of fused-ring (bicyclic) bond motifs is 1. The summed E-state index contributed by atoms with van der Waals surface area (Å²) in [5, 5.41) is 5.45. The minimum absolute atomic E-state index is 0.0990. The number of aromatic nitrogens is 3. The highest BCUT2D eigenvalue weighted by Gasteiger charge is 2.42. The second-order valence-corrected chi connectivity index (χ2v) is 5.66. The molecule has 1 aliphatic heterocycles. The van der Waals surface area contributed by atoms with Gasteiger partial charge in [-0.25, -0.2) is 9.48 Å². The molecule has 1 aromatic heterocycles. The lowest BCUT2D eigenvalue weighted by atomic mass is 10.1. The van der Waals surface area contributed by atoms with Crippen LogP contribution in [0.2, 0.25) is 0 Å². The molecule has 1 aliphatic carbocycles. The van der Waals surface area contributed by atoms with E-state index in [0.717, 1.165) is 37.1 Å². The molecular weight excluding hydrogens is 270 g/mol. The van der Waals surface area contributed by atoms with Crippen LogP contribution in [-0.4, -0.2) is 19.7 Å². The highest BCUT2D eigenvalue weighted by molar-refractivity contribution is 9.09. The van der Waals surface area contributed by atoms with Gasteiger partial charge >= 0.3 is 5.69 Å². The predicted octanol–water partition coefficient (Wildman–Crippen LogP) is 1.56. The molecule has 1 fully saturated rings. The molecule has 0 bridgehead atoms. The van der Waals surface area contributed by atoms with Crippen molar-refractivity contribution in [1.82, 2.24) is 14.3 Å². The molecule has 16 heavy (non-hydrogen) atoms. The monoisotopic (exact) mass is 285 g/mol. The van der Waals surface area contributed by atoms with Crippen molar-refractivity contribution in [3.05, 3.63) is 16.3 Å². The summed E-state index contributed by atoms with van der Waals surface area (Å²) in [5.41, 5.74) is 0.413. The average Bonchev–Trinajstić information content (AvgIpc) is 3.02. The fourth-order valence-corrected chi connectivity index (χ4v) is 3.12. The quantitative estimate of drug-likeness (QED) is 0.791. The SMILES string of the molecule is O=c1n(CC2(CBr)CC2)nc2n1CCCC2. The van der Waals surface area contributed by atoms with Crippen LogP contribution >= 0.6 is 15.9 Å². The van der Waals surface area contributed by atoms with Crippen molar-refractivity contribution in [2.75, 3.05) is 5.33 Å². The minimum Gasteiger partial charge on any atom is -0.279 e. The maximum Gasteiger partial charge on any atom is 0.345 e. The van der Waals surface area contributed by atoms with Crippen LogP contribution < -0.4 is 5.69 Å². The van der Waals surface area contributed by atoms with E-state index in [0.29, 0.717) is 5.41 Å². The first kappa shape index (κ1) is 10.6. The zero-order valence-corrected chi connectivity index (χ0v) is 10.9. The van der Waals surface area contributed by atoms with Crippen molar-refractivity contribution in [3.63, 3.8) is 0 Å². The maximum atomic E-state index is 12.1. The Balaban J connectivity index is 1.90. The van der Waals surface area contributed by atoms with Crippen LogP contribution in [0.4, 0.5) is 0 Å². The van der Waals surface area contributed by atoms with Gasteiger partial charge in [0.1, 0.15) is 5.82 Å². The number of alkyl halides is 1. The normalized spacial score (nSPS) is 21.8. The van der Waals surface area contributed by atoms with E-state index in [-0.39, 0.29) is 5.69 Å². The van der Waals surface area contributed by atoms with Crippen molar-refractivity contribution in [1.29, 1.82) is 0 Å². The molecule has 5 heteroatoms. The maximum absolute atomic E-state index is 12.1. The average molecular weight is 286 g/mol. The van der Waals surface area contributed by atoms with E-state index < -0.39 is 0 Å². The molecule has 0 amide bonds. The molecular formula is C11H16BrN3O. The molecule has 3 rings (SSSR count). The third kappa shape index (κ3) is 1.65. The van der Waals surface area contributed by atoms with Gasteiger partial charge in [0.25, 0.3) is 0 Å². The topological polar surface area (TPSA) is 39.8 Å². The number of nitrogens with zero attached hydrogens (tertiary/aromatic N) is 3. The van der Waals surface area contributed by atoms with Crippen molar-refractivity contribution in [2.24, 2.45) is 5.41 Å². The third-order valence-corrected chi connectivity index (χ3v) is 4.95. The van der Waals surface area contributed by atoms with E-state index in [1.54, 1.807) is 4.68 Å².